The Labute approximate surface area is 448 Å². The lowest BCUT2D eigenvalue weighted by Crippen LogP contribution is -2.62. The molecular formula is C66H82O9. The third-order valence-corrected chi connectivity index (χ3v) is 13.6. The molecule has 0 amide bonds. The number of hydrogen-bond acceptors (Lipinski definition) is 9. The maximum absolute atomic E-state index is 12.6. The van der Waals surface area contributed by atoms with Crippen molar-refractivity contribution >= 4 is 0 Å². The van der Waals surface area contributed by atoms with Crippen molar-refractivity contribution in [1.82, 2.24) is 0 Å². The SMILES string of the molecule is CCCCCCCCCCC/C=C/C[C@@H](OCc1ccccc1)[C@H](OCc1ccccc1)[C@H](O)CO[C@H]1O[C@H](COCc2ccccc2)[C@H](OCc2ccccc2)[C@H](OCc2ccccc2)[C@H]1OCc1ccccc1. The first-order valence-corrected chi connectivity index (χ1v) is 27.6. The van der Waals surface area contributed by atoms with E-state index in [0.717, 1.165) is 46.2 Å². The van der Waals surface area contributed by atoms with E-state index in [1.54, 1.807) is 0 Å². The highest BCUT2D eigenvalue weighted by Gasteiger charge is 2.49. The van der Waals surface area contributed by atoms with Crippen LogP contribution in [0.3, 0.4) is 0 Å². The molecule has 1 saturated heterocycles. The number of rotatable bonds is 36. The topological polar surface area (TPSA) is 94.1 Å². The molecule has 1 fully saturated rings. The van der Waals surface area contributed by atoms with E-state index in [2.05, 4.69) is 31.2 Å². The molecule has 1 N–H and O–H groups in total. The van der Waals surface area contributed by atoms with Crippen molar-refractivity contribution in [2.24, 2.45) is 0 Å². The van der Waals surface area contributed by atoms with Crippen LogP contribution in [-0.4, -0.2) is 67.3 Å². The molecule has 0 radical (unpaired) electrons. The van der Waals surface area contributed by atoms with E-state index in [9.17, 15) is 5.11 Å². The number of allylic oxidation sites excluding steroid dienone is 1. The molecule has 0 bridgehead atoms. The van der Waals surface area contributed by atoms with Gasteiger partial charge >= 0.3 is 0 Å². The third kappa shape index (κ3) is 21.0. The van der Waals surface area contributed by atoms with Crippen LogP contribution in [0.4, 0.5) is 0 Å². The van der Waals surface area contributed by atoms with Gasteiger partial charge in [-0.2, -0.15) is 0 Å². The first-order valence-electron chi connectivity index (χ1n) is 27.6. The fraction of sp³-hybridized carbons (Fsp3) is 0.424. The quantitative estimate of drug-likeness (QED) is 0.0305. The molecule has 75 heavy (non-hydrogen) atoms. The van der Waals surface area contributed by atoms with Gasteiger partial charge in [0.15, 0.2) is 6.29 Å². The summed E-state index contributed by atoms with van der Waals surface area (Å²) in [4.78, 5) is 0. The minimum Gasteiger partial charge on any atom is -0.388 e. The third-order valence-electron chi connectivity index (χ3n) is 13.6. The summed E-state index contributed by atoms with van der Waals surface area (Å²) < 4.78 is 54.6. The van der Waals surface area contributed by atoms with Gasteiger partial charge in [-0.05, 0) is 52.6 Å². The standard InChI is InChI=1S/C66H82O9/c1-2-3-4-5-6-7-8-9-10-11-12-31-44-60(69-46-54-34-21-14-22-35-54)62(70-47-55-36-23-15-24-37-55)59(67)51-74-66-65(73-50-58-42-29-18-30-43-58)64(72-49-57-40-27-17-28-41-57)63(71-48-56-38-25-16-26-39-56)61(75-66)52-68-45-53-32-19-13-20-33-53/h12-43,59-67H,2-11,44-52H2,1H3/b31-12+/t59-,60-,61-,62-,63+,64+,65-,66+/m1/s1. The van der Waals surface area contributed by atoms with Crippen LogP contribution in [0, 0.1) is 0 Å². The molecule has 1 aliphatic rings. The lowest BCUT2D eigenvalue weighted by Gasteiger charge is -2.46. The largest absolute Gasteiger partial charge is 0.388 e. The Hall–Kier alpha value is -5.30. The van der Waals surface area contributed by atoms with Crippen molar-refractivity contribution in [3.63, 3.8) is 0 Å². The molecule has 6 aromatic carbocycles. The molecule has 9 heteroatoms. The zero-order valence-corrected chi connectivity index (χ0v) is 44.2. The van der Waals surface area contributed by atoms with Crippen molar-refractivity contribution in [3.05, 3.63) is 228 Å². The van der Waals surface area contributed by atoms with Gasteiger partial charge < -0.3 is 43.0 Å². The summed E-state index contributed by atoms with van der Waals surface area (Å²) in [6.07, 6.45) is 11.3. The molecule has 6 aromatic rings. The Morgan fingerprint density at radius 3 is 1.35 bits per heavy atom. The van der Waals surface area contributed by atoms with E-state index >= 15 is 0 Å². The highest BCUT2D eigenvalue weighted by atomic mass is 16.7. The van der Waals surface area contributed by atoms with Crippen LogP contribution < -0.4 is 0 Å². The summed E-state index contributed by atoms with van der Waals surface area (Å²) in [5.74, 6) is 0. The number of unbranched alkanes of at least 4 members (excludes halogenated alkanes) is 9. The molecule has 0 spiro atoms. The van der Waals surface area contributed by atoms with Crippen LogP contribution >= 0.6 is 0 Å². The number of aliphatic hydroxyl groups is 1. The zero-order valence-electron chi connectivity index (χ0n) is 44.2. The number of hydrogen-bond donors (Lipinski definition) is 1. The summed E-state index contributed by atoms with van der Waals surface area (Å²) in [5.41, 5.74) is 6.05. The minimum atomic E-state index is -1.14. The van der Waals surface area contributed by atoms with Gasteiger partial charge in [0, 0.05) is 0 Å². The smallest absolute Gasteiger partial charge is 0.187 e. The first kappa shape index (κ1) is 57.4. The van der Waals surface area contributed by atoms with E-state index in [0.29, 0.717) is 26.2 Å². The van der Waals surface area contributed by atoms with Gasteiger partial charge in [0.1, 0.15) is 36.6 Å². The number of benzene rings is 6. The van der Waals surface area contributed by atoms with Gasteiger partial charge in [-0.15, -0.1) is 0 Å². The van der Waals surface area contributed by atoms with E-state index in [4.69, 9.17) is 37.9 Å². The highest BCUT2D eigenvalue weighted by Crippen LogP contribution is 2.32. The maximum atomic E-state index is 12.6. The normalized spacial score (nSPS) is 19.0. The van der Waals surface area contributed by atoms with Gasteiger partial charge in [0.2, 0.25) is 0 Å². The van der Waals surface area contributed by atoms with Crippen molar-refractivity contribution < 1.29 is 43.0 Å². The van der Waals surface area contributed by atoms with E-state index in [-0.39, 0.29) is 33.0 Å². The van der Waals surface area contributed by atoms with Crippen LogP contribution in [0.2, 0.25) is 0 Å². The molecular weight excluding hydrogens is 937 g/mol. The summed E-state index contributed by atoms with van der Waals surface area (Å²) in [7, 11) is 0. The first-order chi connectivity index (χ1) is 37.1. The van der Waals surface area contributed by atoms with Crippen molar-refractivity contribution in [1.29, 1.82) is 0 Å². The van der Waals surface area contributed by atoms with Crippen LogP contribution in [0.5, 0.6) is 0 Å². The summed E-state index contributed by atoms with van der Waals surface area (Å²) in [6, 6.07) is 60.5. The van der Waals surface area contributed by atoms with Gasteiger partial charge in [-0.25, -0.2) is 0 Å². The Morgan fingerprint density at radius 1 is 0.440 bits per heavy atom. The fourth-order valence-corrected chi connectivity index (χ4v) is 9.40. The summed E-state index contributed by atoms with van der Waals surface area (Å²) in [6.45, 7) is 4.15. The molecule has 8 atom stereocenters. The van der Waals surface area contributed by atoms with Crippen molar-refractivity contribution in [2.45, 2.75) is 166 Å². The second-order valence-electron chi connectivity index (χ2n) is 19.6. The average Bonchev–Trinajstić information content (AvgIpc) is 3.46. The van der Waals surface area contributed by atoms with E-state index in [1.165, 1.54) is 51.4 Å². The van der Waals surface area contributed by atoms with Crippen LogP contribution in [0.15, 0.2) is 194 Å². The average molecular weight is 1020 g/mol. The molecule has 0 aliphatic carbocycles. The number of ether oxygens (including phenoxy) is 8. The van der Waals surface area contributed by atoms with Gasteiger partial charge in [0.25, 0.3) is 0 Å². The monoisotopic (exact) mass is 1020 g/mol. The van der Waals surface area contributed by atoms with Crippen molar-refractivity contribution in [3.8, 4) is 0 Å². The molecule has 9 nitrogen and oxygen atoms in total. The fourth-order valence-electron chi connectivity index (χ4n) is 9.40. The Morgan fingerprint density at radius 2 is 0.853 bits per heavy atom. The summed E-state index contributed by atoms with van der Waals surface area (Å²) >= 11 is 0. The Kier molecular flexibility index (Phi) is 26.3. The maximum Gasteiger partial charge on any atom is 0.187 e. The molecule has 7 rings (SSSR count). The molecule has 0 unspecified atom stereocenters. The van der Waals surface area contributed by atoms with E-state index in [1.807, 2.05) is 170 Å². The minimum absolute atomic E-state index is 0.152. The predicted octanol–water partition coefficient (Wildman–Crippen LogP) is 14.1. The Bertz CT molecular complexity index is 2360. The summed E-state index contributed by atoms with van der Waals surface area (Å²) in [5, 5.41) is 12.6. The molecule has 400 valence electrons. The van der Waals surface area contributed by atoms with Gasteiger partial charge in [-0.1, -0.05) is 252 Å². The highest BCUT2D eigenvalue weighted by molar-refractivity contribution is 5.18. The van der Waals surface area contributed by atoms with Crippen LogP contribution in [0.1, 0.15) is 111 Å². The molecule has 0 aromatic heterocycles. The van der Waals surface area contributed by atoms with Crippen LogP contribution in [0.25, 0.3) is 0 Å². The lowest BCUT2D eigenvalue weighted by molar-refractivity contribution is -0.332. The van der Waals surface area contributed by atoms with Crippen molar-refractivity contribution in [2.75, 3.05) is 13.2 Å². The van der Waals surface area contributed by atoms with E-state index < -0.39 is 49.0 Å². The zero-order chi connectivity index (χ0) is 51.8. The van der Waals surface area contributed by atoms with Crippen LogP contribution in [-0.2, 0) is 77.5 Å². The second kappa shape index (κ2) is 34.4. The lowest BCUT2D eigenvalue weighted by atomic mass is 9.97. The predicted molar refractivity (Wildman–Crippen MR) is 297 cm³/mol. The van der Waals surface area contributed by atoms with Gasteiger partial charge in [0.05, 0.1) is 59.0 Å². The van der Waals surface area contributed by atoms with Gasteiger partial charge in [-0.3, -0.25) is 0 Å². The second-order valence-corrected chi connectivity index (χ2v) is 19.6. The number of aliphatic hydroxyl groups excluding tert-OH is 1. The molecule has 1 aliphatic heterocycles. The Balaban J connectivity index is 1.14. The molecule has 1 heterocycles. The molecule has 0 saturated carbocycles.